The van der Waals surface area contributed by atoms with Gasteiger partial charge in [0.1, 0.15) is 0 Å². The van der Waals surface area contributed by atoms with Crippen LogP contribution in [0.3, 0.4) is 0 Å². The Bertz CT molecular complexity index is 608. The summed E-state index contributed by atoms with van der Waals surface area (Å²) in [7, 11) is -3.12. The van der Waals surface area contributed by atoms with Crippen LogP contribution in [0.1, 0.15) is 31.7 Å². The Kier molecular flexibility index (Phi) is 5.31. The van der Waals surface area contributed by atoms with Crippen molar-refractivity contribution < 1.29 is 17.9 Å². The molecule has 0 N–H and O–H groups in total. The summed E-state index contributed by atoms with van der Waals surface area (Å²) in [5, 5.41) is 0. The minimum atomic E-state index is -3.12. The van der Waals surface area contributed by atoms with Crippen LogP contribution in [0.15, 0.2) is 24.5 Å². The van der Waals surface area contributed by atoms with Gasteiger partial charge in [0.05, 0.1) is 37.2 Å². The van der Waals surface area contributed by atoms with Crippen molar-refractivity contribution in [2.75, 3.05) is 18.9 Å². The Labute approximate surface area is 137 Å². The van der Waals surface area contributed by atoms with Gasteiger partial charge in [-0.15, -0.1) is 0 Å². The molecule has 0 aliphatic carbocycles. The predicted octanol–water partition coefficient (Wildman–Crippen LogP) is 1.57. The number of nitrogens with zero attached hydrogens (tertiary/aromatic N) is 2. The van der Waals surface area contributed by atoms with Crippen LogP contribution in [0.4, 0.5) is 0 Å². The molecule has 2 aliphatic rings. The second kappa shape index (κ2) is 7.25. The summed E-state index contributed by atoms with van der Waals surface area (Å²) >= 11 is 0. The Morgan fingerprint density at radius 1 is 1.30 bits per heavy atom. The van der Waals surface area contributed by atoms with Crippen LogP contribution in [0.25, 0.3) is 0 Å². The van der Waals surface area contributed by atoms with E-state index >= 15 is 0 Å². The van der Waals surface area contributed by atoms with E-state index in [0.717, 1.165) is 24.8 Å². The molecule has 0 aromatic carbocycles. The fraction of sp³-hybridized carbons (Fsp3) is 0.688. The molecular formula is C16H24N2O4S. The summed E-state index contributed by atoms with van der Waals surface area (Å²) in [6.07, 6.45) is 6.05. The van der Waals surface area contributed by atoms with Gasteiger partial charge in [-0.3, -0.25) is 4.98 Å². The fourth-order valence-corrected chi connectivity index (χ4v) is 4.75. The van der Waals surface area contributed by atoms with E-state index in [1.165, 1.54) is 0 Å². The normalized spacial score (nSPS) is 28.7. The van der Waals surface area contributed by atoms with Crippen LogP contribution < -0.4 is 0 Å². The number of aromatic nitrogens is 1. The molecular weight excluding hydrogens is 316 g/mol. The first-order chi connectivity index (χ1) is 11.1. The molecule has 0 saturated carbocycles. The van der Waals surface area contributed by atoms with Crippen molar-refractivity contribution in [2.24, 2.45) is 0 Å². The van der Waals surface area contributed by atoms with Crippen LogP contribution in [0, 0.1) is 0 Å². The lowest BCUT2D eigenvalue weighted by molar-refractivity contribution is -0.0961. The van der Waals surface area contributed by atoms with Crippen LogP contribution in [-0.2, 0) is 26.1 Å². The summed E-state index contributed by atoms with van der Waals surface area (Å²) in [4.78, 5) is 3.98. The Balaban J connectivity index is 1.48. The highest BCUT2D eigenvalue weighted by molar-refractivity contribution is 7.89. The van der Waals surface area contributed by atoms with Crippen molar-refractivity contribution in [1.29, 1.82) is 0 Å². The molecule has 23 heavy (non-hydrogen) atoms. The number of pyridine rings is 1. The van der Waals surface area contributed by atoms with Crippen molar-refractivity contribution >= 4 is 10.0 Å². The van der Waals surface area contributed by atoms with Gasteiger partial charge in [0.25, 0.3) is 0 Å². The summed E-state index contributed by atoms with van der Waals surface area (Å²) < 4.78 is 37.7. The van der Waals surface area contributed by atoms with E-state index in [9.17, 15) is 8.42 Å². The molecule has 0 amide bonds. The minimum Gasteiger partial charge on any atom is -0.374 e. The molecule has 1 aromatic rings. The third-order valence-corrected chi connectivity index (χ3v) is 6.53. The zero-order valence-corrected chi connectivity index (χ0v) is 14.2. The molecule has 2 fully saturated rings. The summed E-state index contributed by atoms with van der Waals surface area (Å²) in [5.74, 6) is 0.161. The molecule has 2 saturated heterocycles. The minimum absolute atomic E-state index is 0.0106. The number of hydrogen-bond donors (Lipinski definition) is 0. The topological polar surface area (TPSA) is 68.7 Å². The van der Waals surface area contributed by atoms with Crippen molar-refractivity contribution in [2.45, 2.75) is 51.0 Å². The molecule has 3 heterocycles. The SMILES string of the molecule is CCS(=O)(=O)N1CCC2O[C@@H](COCc3ccncc3)CCC21. The predicted molar refractivity (Wildman–Crippen MR) is 86.4 cm³/mol. The van der Waals surface area contributed by atoms with Gasteiger partial charge in [0.15, 0.2) is 0 Å². The third-order valence-electron chi connectivity index (χ3n) is 4.63. The summed E-state index contributed by atoms with van der Waals surface area (Å²) in [6.45, 7) is 3.37. The van der Waals surface area contributed by atoms with E-state index in [4.69, 9.17) is 9.47 Å². The van der Waals surface area contributed by atoms with E-state index in [-0.39, 0.29) is 24.0 Å². The summed E-state index contributed by atoms with van der Waals surface area (Å²) in [5.41, 5.74) is 1.09. The largest absolute Gasteiger partial charge is 0.374 e. The molecule has 2 aliphatic heterocycles. The lowest BCUT2D eigenvalue weighted by Gasteiger charge is -2.35. The number of sulfonamides is 1. The Morgan fingerprint density at radius 3 is 2.83 bits per heavy atom. The van der Waals surface area contributed by atoms with Gasteiger partial charge >= 0.3 is 0 Å². The smallest absolute Gasteiger partial charge is 0.214 e. The molecule has 1 aromatic heterocycles. The van der Waals surface area contributed by atoms with Gasteiger partial charge < -0.3 is 9.47 Å². The summed E-state index contributed by atoms with van der Waals surface area (Å²) in [6, 6.07) is 3.88. The lowest BCUT2D eigenvalue weighted by Crippen LogP contribution is -2.46. The molecule has 0 bridgehead atoms. The van der Waals surface area contributed by atoms with Gasteiger partial charge in [0.2, 0.25) is 10.0 Å². The average Bonchev–Trinajstić information content (AvgIpc) is 3.00. The van der Waals surface area contributed by atoms with Crippen LogP contribution in [0.2, 0.25) is 0 Å². The van der Waals surface area contributed by atoms with E-state index in [0.29, 0.717) is 19.8 Å². The zero-order chi connectivity index (χ0) is 16.3. The first kappa shape index (κ1) is 16.8. The maximum Gasteiger partial charge on any atom is 0.214 e. The monoisotopic (exact) mass is 340 g/mol. The van der Waals surface area contributed by atoms with Gasteiger partial charge in [-0.05, 0) is 43.9 Å². The molecule has 3 atom stereocenters. The van der Waals surface area contributed by atoms with E-state index in [1.807, 2.05) is 12.1 Å². The average molecular weight is 340 g/mol. The Hall–Kier alpha value is -1.02. The fourth-order valence-electron chi connectivity index (χ4n) is 3.38. The highest BCUT2D eigenvalue weighted by atomic mass is 32.2. The van der Waals surface area contributed by atoms with Crippen molar-refractivity contribution in [1.82, 2.24) is 9.29 Å². The first-order valence-electron chi connectivity index (χ1n) is 8.22. The van der Waals surface area contributed by atoms with Gasteiger partial charge in [0, 0.05) is 18.9 Å². The second-order valence-corrected chi connectivity index (χ2v) is 8.32. The van der Waals surface area contributed by atoms with Crippen LogP contribution in [0.5, 0.6) is 0 Å². The van der Waals surface area contributed by atoms with Crippen LogP contribution in [-0.4, -0.2) is 54.9 Å². The maximum absolute atomic E-state index is 12.1. The molecule has 7 heteroatoms. The number of hydrogen-bond acceptors (Lipinski definition) is 5. The quantitative estimate of drug-likeness (QED) is 0.786. The number of ether oxygens (including phenoxy) is 2. The van der Waals surface area contributed by atoms with E-state index < -0.39 is 10.0 Å². The zero-order valence-electron chi connectivity index (χ0n) is 13.4. The van der Waals surface area contributed by atoms with Crippen LogP contribution >= 0.6 is 0 Å². The molecule has 0 radical (unpaired) electrons. The molecule has 3 rings (SSSR count). The second-order valence-electron chi connectivity index (χ2n) is 6.11. The van der Waals surface area contributed by atoms with Gasteiger partial charge in [-0.1, -0.05) is 0 Å². The lowest BCUT2D eigenvalue weighted by atomic mass is 10.0. The van der Waals surface area contributed by atoms with E-state index in [2.05, 4.69) is 4.98 Å². The Morgan fingerprint density at radius 2 is 2.09 bits per heavy atom. The van der Waals surface area contributed by atoms with Crippen molar-refractivity contribution in [3.05, 3.63) is 30.1 Å². The highest BCUT2D eigenvalue weighted by Gasteiger charge is 2.44. The third kappa shape index (κ3) is 3.91. The maximum atomic E-state index is 12.1. The number of rotatable bonds is 6. The molecule has 128 valence electrons. The highest BCUT2D eigenvalue weighted by Crippen LogP contribution is 2.33. The molecule has 6 nitrogen and oxygen atoms in total. The van der Waals surface area contributed by atoms with E-state index in [1.54, 1.807) is 23.6 Å². The van der Waals surface area contributed by atoms with Crippen molar-refractivity contribution in [3.8, 4) is 0 Å². The van der Waals surface area contributed by atoms with Gasteiger partial charge in [-0.25, -0.2) is 8.42 Å². The first-order valence-corrected chi connectivity index (χ1v) is 9.82. The van der Waals surface area contributed by atoms with Crippen molar-refractivity contribution in [3.63, 3.8) is 0 Å². The molecule has 2 unspecified atom stereocenters. The molecule has 0 spiro atoms. The number of fused-ring (bicyclic) bond motifs is 1. The standard InChI is InChI=1S/C16H24N2O4S/c1-2-23(19,20)18-10-7-16-15(18)4-3-14(22-16)12-21-11-13-5-8-17-9-6-13/h5-6,8-9,14-16H,2-4,7,10-12H2,1H3/t14-,15?,16?/m1/s1. The van der Waals surface area contributed by atoms with Gasteiger partial charge in [-0.2, -0.15) is 4.31 Å².